The van der Waals surface area contributed by atoms with Crippen molar-refractivity contribution in [2.45, 2.75) is 0 Å². The molecule has 0 amide bonds. The van der Waals surface area contributed by atoms with Gasteiger partial charge in [-0.3, -0.25) is 10.1 Å². The highest BCUT2D eigenvalue weighted by Crippen LogP contribution is 2.13. The number of sulfonamides is 1. The Kier molecular flexibility index (Phi) is 4.56. The van der Waals surface area contributed by atoms with Crippen LogP contribution in [0.15, 0.2) is 18.3 Å². The van der Waals surface area contributed by atoms with E-state index in [1.165, 1.54) is 32.4 Å². The van der Waals surface area contributed by atoms with E-state index in [0.29, 0.717) is 0 Å². The fraction of sp³-hybridized carbons (Fsp3) is 0.444. The lowest BCUT2D eigenvalue weighted by Crippen LogP contribution is -2.28. The number of anilines is 1. The lowest BCUT2D eigenvalue weighted by Gasteiger charge is -2.11. The molecule has 0 unspecified atom stereocenters. The van der Waals surface area contributed by atoms with Crippen LogP contribution >= 0.6 is 0 Å². The predicted molar refractivity (Wildman–Crippen MR) is 66.9 cm³/mol. The van der Waals surface area contributed by atoms with Gasteiger partial charge in [0.15, 0.2) is 0 Å². The Morgan fingerprint density at radius 3 is 2.72 bits per heavy atom. The standard InChI is InChI=1S/C9H14N4O4S/c1-12(2)18(16,17)6-5-11-9-7-8(13(14)15)3-4-10-9/h3-4,7H,5-6H2,1-2H3,(H,10,11). The van der Waals surface area contributed by atoms with E-state index in [1.807, 2.05) is 0 Å². The van der Waals surface area contributed by atoms with Gasteiger partial charge in [0.05, 0.1) is 16.7 Å². The number of hydrogen-bond acceptors (Lipinski definition) is 6. The summed E-state index contributed by atoms with van der Waals surface area (Å²) >= 11 is 0. The summed E-state index contributed by atoms with van der Waals surface area (Å²) in [5.74, 6) is 0.169. The van der Waals surface area contributed by atoms with Gasteiger partial charge in [0.2, 0.25) is 10.0 Å². The van der Waals surface area contributed by atoms with Crippen molar-refractivity contribution in [3.63, 3.8) is 0 Å². The second-order valence-electron chi connectivity index (χ2n) is 3.68. The zero-order valence-electron chi connectivity index (χ0n) is 10.0. The Morgan fingerprint density at radius 2 is 2.17 bits per heavy atom. The topological polar surface area (TPSA) is 105 Å². The number of hydrogen-bond donors (Lipinski definition) is 1. The van der Waals surface area contributed by atoms with E-state index in [-0.39, 0.29) is 23.8 Å². The van der Waals surface area contributed by atoms with Crippen LogP contribution in [0, 0.1) is 10.1 Å². The van der Waals surface area contributed by atoms with Crippen LogP contribution in [0.1, 0.15) is 0 Å². The number of nitrogens with one attached hydrogen (secondary N) is 1. The van der Waals surface area contributed by atoms with Gasteiger partial charge in [-0.05, 0) is 0 Å². The molecule has 100 valence electrons. The molecular weight excluding hydrogens is 260 g/mol. The molecule has 1 aromatic heterocycles. The molecule has 0 aliphatic heterocycles. The summed E-state index contributed by atoms with van der Waals surface area (Å²) in [5.41, 5.74) is -0.0945. The van der Waals surface area contributed by atoms with Gasteiger partial charge >= 0.3 is 0 Å². The van der Waals surface area contributed by atoms with Crippen molar-refractivity contribution in [1.29, 1.82) is 0 Å². The maximum Gasteiger partial charge on any atom is 0.274 e. The Hall–Kier alpha value is -1.74. The number of rotatable bonds is 6. The average molecular weight is 274 g/mol. The molecule has 0 aliphatic rings. The van der Waals surface area contributed by atoms with Crippen molar-refractivity contribution in [2.75, 3.05) is 31.7 Å². The van der Waals surface area contributed by atoms with Gasteiger partial charge in [0.25, 0.3) is 5.69 Å². The highest BCUT2D eigenvalue weighted by molar-refractivity contribution is 7.89. The van der Waals surface area contributed by atoms with Crippen LogP contribution in [0.2, 0.25) is 0 Å². The average Bonchev–Trinajstić information content (AvgIpc) is 2.29. The van der Waals surface area contributed by atoms with Gasteiger partial charge in [-0.2, -0.15) is 0 Å². The van der Waals surface area contributed by atoms with Crippen LogP contribution in [0.25, 0.3) is 0 Å². The second kappa shape index (κ2) is 5.74. The van der Waals surface area contributed by atoms with Crippen LogP contribution < -0.4 is 5.32 Å². The monoisotopic (exact) mass is 274 g/mol. The first kappa shape index (κ1) is 14.3. The minimum Gasteiger partial charge on any atom is -0.369 e. The Balaban J connectivity index is 2.60. The van der Waals surface area contributed by atoms with Crippen molar-refractivity contribution < 1.29 is 13.3 Å². The van der Waals surface area contributed by atoms with Crippen LogP contribution in [-0.4, -0.2) is 49.0 Å². The van der Waals surface area contributed by atoms with Crippen molar-refractivity contribution in [3.05, 3.63) is 28.4 Å². The third-order valence-corrected chi connectivity index (χ3v) is 4.01. The maximum atomic E-state index is 11.5. The first-order valence-corrected chi connectivity index (χ1v) is 6.68. The lowest BCUT2D eigenvalue weighted by molar-refractivity contribution is -0.384. The van der Waals surface area contributed by atoms with Gasteiger partial charge < -0.3 is 5.32 Å². The molecule has 9 heteroatoms. The van der Waals surface area contributed by atoms with Gasteiger partial charge in [-0.1, -0.05) is 0 Å². The summed E-state index contributed by atoms with van der Waals surface area (Å²) in [6, 6.07) is 2.52. The molecule has 8 nitrogen and oxygen atoms in total. The SMILES string of the molecule is CN(C)S(=O)(=O)CCNc1cc([N+](=O)[O-])ccn1. The van der Waals surface area contributed by atoms with Crippen LogP contribution in [-0.2, 0) is 10.0 Å². The maximum absolute atomic E-state index is 11.5. The number of nitrogens with zero attached hydrogens (tertiary/aromatic N) is 3. The van der Waals surface area contributed by atoms with E-state index in [2.05, 4.69) is 10.3 Å². The fourth-order valence-electron chi connectivity index (χ4n) is 1.12. The molecule has 0 bridgehead atoms. The molecule has 1 N–H and O–H groups in total. The van der Waals surface area contributed by atoms with E-state index < -0.39 is 14.9 Å². The van der Waals surface area contributed by atoms with Gasteiger partial charge in [0.1, 0.15) is 5.82 Å². The van der Waals surface area contributed by atoms with E-state index in [1.54, 1.807) is 0 Å². The van der Waals surface area contributed by atoms with Crippen LogP contribution in [0.3, 0.4) is 0 Å². The molecule has 0 saturated heterocycles. The molecule has 1 heterocycles. The molecule has 1 rings (SSSR count). The largest absolute Gasteiger partial charge is 0.369 e. The first-order chi connectivity index (χ1) is 8.33. The Labute approximate surface area is 105 Å². The zero-order chi connectivity index (χ0) is 13.8. The van der Waals surface area contributed by atoms with Crippen molar-refractivity contribution in [2.24, 2.45) is 0 Å². The van der Waals surface area contributed by atoms with E-state index >= 15 is 0 Å². The normalized spacial score (nSPS) is 11.5. The number of pyridine rings is 1. The minimum atomic E-state index is -3.29. The highest BCUT2D eigenvalue weighted by atomic mass is 32.2. The summed E-state index contributed by atoms with van der Waals surface area (Å²) < 4.78 is 24.0. The summed E-state index contributed by atoms with van der Waals surface area (Å²) in [4.78, 5) is 13.8. The summed E-state index contributed by atoms with van der Waals surface area (Å²) in [7, 11) is -0.395. The molecule has 0 atom stereocenters. The first-order valence-electron chi connectivity index (χ1n) is 5.07. The van der Waals surface area contributed by atoms with Crippen LogP contribution in [0.5, 0.6) is 0 Å². The quantitative estimate of drug-likeness (QED) is 0.590. The van der Waals surface area contributed by atoms with Crippen molar-refractivity contribution >= 4 is 21.5 Å². The smallest absolute Gasteiger partial charge is 0.274 e. The number of aromatic nitrogens is 1. The zero-order valence-corrected chi connectivity index (χ0v) is 10.8. The molecule has 0 radical (unpaired) electrons. The minimum absolute atomic E-state index is 0.0945. The summed E-state index contributed by atoms with van der Waals surface area (Å²) in [5, 5.41) is 13.3. The molecule has 18 heavy (non-hydrogen) atoms. The number of nitro groups is 1. The molecular formula is C9H14N4O4S. The summed E-state index contributed by atoms with van der Waals surface area (Å²) in [6.07, 6.45) is 1.29. The highest BCUT2D eigenvalue weighted by Gasteiger charge is 2.13. The third-order valence-electron chi connectivity index (χ3n) is 2.18. The second-order valence-corrected chi connectivity index (χ2v) is 5.98. The van der Waals surface area contributed by atoms with Gasteiger partial charge in [-0.15, -0.1) is 0 Å². The molecule has 0 saturated carbocycles. The van der Waals surface area contributed by atoms with E-state index in [0.717, 1.165) is 4.31 Å². The van der Waals surface area contributed by atoms with Crippen molar-refractivity contribution in [3.8, 4) is 0 Å². The Morgan fingerprint density at radius 1 is 1.50 bits per heavy atom. The molecule has 0 spiro atoms. The van der Waals surface area contributed by atoms with E-state index in [4.69, 9.17) is 0 Å². The molecule has 0 aliphatic carbocycles. The van der Waals surface area contributed by atoms with Gasteiger partial charge in [0, 0.05) is 32.9 Å². The lowest BCUT2D eigenvalue weighted by atomic mass is 10.4. The fourth-order valence-corrected chi connectivity index (χ4v) is 1.85. The van der Waals surface area contributed by atoms with Crippen molar-refractivity contribution in [1.82, 2.24) is 9.29 Å². The Bertz CT molecular complexity index is 529. The predicted octanol–water partition coefficient (Wildman–Crippen LogP) is 0.293. The molecule has 0 fully saturated rings. The summed E-state index contributed by atoms with van der Waals surface area (Å²) in [6.45, 7) is 0.134. The third kappa shape index (κ3) is 3.93. The molecule has 1 aromatic rings. The van der Waals surface area contributed by atoms with E-state index in [9.17, 15) is 18.5 Å². The van der Waals surface area contributed by atoms with Gasteiger partial charge in [-0.25, -0.2) is 17.7 Å². The van der Waals surface area contributed by atoms with Crippen LogP contribution in [0.4, 0.5) is 11.5 Å². The molecule has 0 aromatic carbocycles.